The van der Waals surface area contributed by atoms with Crippen LogP contribution in [-0.4, -0.2) is 30.4 Å². The number of benzene rings is 1. The van der Waals surface area contributed by atoms with Crippen LogP contribution in [0.25, 0.3) is 0 Å². The highest BCUT2D eigenvalue weighted by Gasteiger charge is 2.35. The Labute approximate surface area is 126 Å². The summed E-state index contributed by atoms with van der Waals surface area (Å²) >= 11 is 1.78. The Balaban J connectivity index is 2.66. The highest BCUT2D eigenvalue weighted by atomic mass is 32.2. The molecule has 1 N–H and O–H groups in total. The summed E-state index contributed by atoms with van der Waals surface area (Å²) in [7, 11) is 1.45. The lowest BCUT2D eigenvalue weighted by atomic mass is 9.96. The van der Waals surface area contributed by atoms with Gasteiger partial charge in [-0.3, -0.25) is 4.79 Å². The minimum atomic E-state index is -0.619. The van der Waals surface area contributed by atoms with Gasteiger partial charge in [0.1, 0.15) is 5.54 Å². The van der Waals surface area contributed by atoms with E-state index in [1.165, 1.54) is 12.0 Å². The van der Waals surface area contributed by atoms with Crippen LogP contribution in [0.3, 0.4) is 0 Å². The highest BCUT2D eigenvalue weighted by Crippen LogP contribution is 2.29. The average Bonchev–Trinajstić information content (AvgIpc) is 2.45. The normalized spacial score (nSPS) is 15.4. The van der Waals surface area contributed by atoms with Gasteiger partial charge in [0.25, 0.3) is 0 Å². The van der Waals surface area contributed by atoms with Gasteiger partial charge < -0.3 is 10.1 Å². The summed E-state index contributed by atoms with van der Waals surface area (Å²) in [6.45, 7) is 6.98. The molecule has 2 atom stereocenters. The maximum atomic E-state index is 12.0. The molecule has 3 nitrogen and oxygen atoms in total. The van der Waals surface area contributed by atoms with Crippen molar-refractivity contribution in [3.05, 3.63) is 30.3 Å². The molecule has 0 aromatic heterocycles. The van der Waals surface area contributed by atoms with E-state index in [4.69, 9.17) is 4.74 Å². The molecule has 0 saturated carbocycles. The number of hydrogen-bond acceptors (Lipinski definition) is 4. The Kier molecular flexibility index (Phi) is 7.10. The molecule has 4 heteroatoms. The monoisotopic (exact) mass is 295 g/mol. The SMILES string of the molecule is CCCNC(C)(CC(C)Sc1ccccc1)C(=O)OC. The van der Waals surface area contributed by atoms with Crippen LogP contribution in [0.4, 0.5) is 0 Å². The Hall–Kier alpha value is -1.00. The van der Waals surface area contributed by atoms with Crippen molar-refractivity contribution in [1.82, 2.24) is 5.32 Å². The lowest BCUT2D eigenvalue weighted by Gasteiger charge is -2.30. The largest absolute Gasteiger partial charge is 0.468 e. The molecule has 2 unspecified atom stereocenters. The molecule has 0 saturated heterocycles. The van der Waals surface area contributed by atoms with Crippen molar-refractivity contribution in [2.45, 2.75) is 49.3 Å². The number of esters is 1. The van der Waals surface area contributed by atoms with Gasteiger partial charge in [0.2, 0.25) is 0 Å². The zero-order valence-electron chi connectivity index (χ0n) is 12.8. The second-order valence-electron chi connectivity index (χ2n) is 5.20. The molecule has 0 bridgehead atoms. The standard InChI is InChI=1S/C16H25NO2S/c1-5-11-17-16(3,15(18)19-4)12-13(2)20-14-9-7-6-8-10-14/h6-10,13,17H,5,11-12H2,1-4H3. The van der Waals surface area contributed by atoms with E-state index in [0.717, 1.165) is 19.4 Å². The molecule has 0 heterocycles. The van der Waals surface area contributed by atoms with Crippen molar-refractivity contribution in [3.8, 4) is 0 Å². The summed E-state index contributed by atoms with van der Waals surface area (Å²) in [5, 5.41) is 3.65. The Morgan fingerprint density at radius 3 is 2.60 bits per heavy atom. The van der Waals surface area contributed by atoms with E-state index >= 15 is 0 Å². The number of carbonyl (C=O) groups excluding carboxylic acids is 1. The van der Waals surface area contributed by atoms with Crippen LogP contribution in [0.2, 0.25) is 0 Å². The number of thioether (sulfide) groups is 1. The Bertz CT molecular complexity index is 410. The first-order valence-electron chi connectivity index (χ1n) is 7.07. The predicted molar refractivity (Wildman–Crippen MR) is 85.1 cm³/mol. The maximum absolute atomic E-state index is 12.0. The van der Waals surface area contributed by atoms with Gasteiger partial charge in [0, 0.05) is 10.1 Å². The predicted octanol–water partition coefficient (Wildman–Crippen LogP) is 3.49. The molecule has 0 spiro atoms. The topological polar surface area (TPSA) is 38.3 Å². The van der Waals surface area contributed by atoms with Crippen LogP contribution in [-0.2, 0) is 9.53 Å². The molecule has 20 heavy (non-hydrogen) atoms. The van der Waals surface area contributed by atoms with Crippen molar-refractivity contribution in [2.24, 2.45) is 0 Å². The van der Waals surface area contributed by atoms with E-state index < -0.39 is 5.54 Å². The van der Waals surface area contributed by atoms with Crippen molar-refractivity contribution < 1.29 is 9.53 Å². The lowest BCUT2D eigenvalue weighted by molar-refractivity contribution is -0.148. The first kappa shape index (κ1) is 17.1. The summed E-state index contributed by atoms with van der Waals surface area (Å²) in [6, 6.07) is 10.3. The van der Waals surface area contributed by atoms with Crippen LogP contribution in [0.5, 0.6) is 0 Å². The third-order valence-electron chi connectivity index (χ3n) is 3.18. The van der Waals surface area contributed by atoms with Crippen molar-refractivity contribution in [3.63, 3.8) is 0 Å². The van der Waals surface area contributed by atoms with Crippen LogP contribution in [0.1, 0.15) is 33.6 Å². The van der Waals surface area contributed by atoms with E-state index in [9.17, 15) is 4.79 Å². The lowest BCUT2D eigenvalue weighted by Crippen LogP contribution is -2.51. The third-order valence-corrected chi connectivity index (χ3v) is 4.29. The van der Waals surface area contributed by atoms with Crippen molar-refractivity contribution in [1.29, 1.82) is 0 Å². The fraction of sp³-hybridized carbons (Fsp3) is 0.562. The summed E-state index contributed by atoms with van der Waals surface area (Å²) in [5.41, 5.74) is -0.619. The van der Waals surface area contributed by atoms with E-state index in [1.807, 2.05) is 25.1 Å². The van der Waals surface area contributed by atoms with Crippen LogP contribution >= 0.6 is 11.8 Å². The average molecular weight is 295 g/mol. The molecular formula is C16H25NO2S. The smallest absolute Gasteiger partial charge is 0.325 e. The molecule has 0 aliphatic heterocycles. The van der Waals surface area contributed by atoms with E-state index in [2.05, 4.69) is 31.3 Å². The highest BCUT2D eigenvalue weighted by molar-refractivity contribution is 7.99. The van der Waals surface area contributed by atoms with Gasteiger partial charge in [-0.05, 0) is 38.4 Å². The molecular weight excluding hydrogens is 270 g/mol. The van der Waals surface area contributed by atoms with Crippen LogP contribution < -0.4 is 5.32 Å². The first-order chi connectivity index (χ1) is 9.51. The second kappa shape index (κ2) is 8.32. The van der Waals surface area contributed by atoms with Gasteiger partial charge in [-0.1, -0.05) is 32.0 Å². The molecule has 0 amide bonds. The van der Waals surface area contributed by atoms with Crippen LogP contribution in [0.15, 0.2) is 35.2 Å². The number of nitrogens with one attached hydrogen (secondary N) is 1. The van der Waals surface area contributed by atoms with Crippen molar-refractivity contribution in [2.75, 3.05) is 13.7 Å². The summed E-state index contributed by atoms with van der Waals surface area (Å²) in [5.74, 6) is -0.188. The van der Waals surface area contributed by atoms with Gasteiger partial charge in [-0.25, -0.2) is 0 Å². The Morgan fingerprint density at radius 2 is 2.05 bits per heavy atom. The summed E-state index contributed by atoms with van der Waals surface area (Å²) in [6.07, 6.45) is 1.73. The minimum Gasteiger partial charge on any atom is -0.468 e. The fourth-order valence-electron chi connectivity index (χ4n) is 2.20. The minimum absolute atomic E-state index is 0.188. The second-order valence-corrected chi connectivity index (χ2v) is 6.71. The van der Waals surface area contributed by atoms with Gasteiger partial charge in [-0.2, -0.15) is 0 Å². The molecule has 1 aromatic rings. The van der Waals surface area contributed by atoms with Gasteiger partial charge in [0.15, 0.2) is 0 Å². The first-order valence-corrected chi connectivity index (χ1v) is 7.95. The quantitative estimate of drug-likeness (QED) is 0.588. The zero-order valence-corrected chi connectivity index (χ0v) is 13.6. The molecule has 1 aromatic carbocycles. The van der Waals surface area contributed by atoms with E-state index in [0.29, 0.717) is 5.25 Å². The molecule has 0 aliphatic rings. The van der Waals surface area contributed by atoms with Gasteiger partial charge in [-0.15, -0.1) is 11.8 Å². The molecule has 0 aliphatic carbocycles. The fourth-order valence-corrected chi connectivity index (χ4v) is 3.40. The number of carbonyl (C=O) groups is 1. The third kappa shape index (κ3) is 5.17. The number of ether oxygens (including phenoxy) is 1. The maximum Gasteiger partial charge on any atom is 0.325 e. The number of rotatable bonds is 8. The summed E-state index contributed by atoms with van der Waals surface area (Å²) < 4.78 is 4.95. The molecule has 112 valence electrons. The number of methoxy groups -OCH3 is 1. The zero-order chi connectivity index (χ0) is 15.0. The van der Waals surface area contributed by atoms with E-state index in [1.54, 1.807) is 11.8 Å². The Morgan fingerprint density at radius 1 is 1.40 bits per heavy atom. The van der Waals surface area contributed by atoms with Gasteiger partial charge in [0.05, 0.1) is 7.11 Å². The van der Waals surface area contributed by atoms with Crippen molar-refractivity contribution >= 4 is 17.7 Å². The van der Waals surface area contributed by atoms with Gasteiger partial charge >= 0.3 is 5.97 Å². The van der Waals surface area contributed by atoms with E-state index in [-0.39, 0.29) is 5.97 Å². The summed E-state index contributed by atoms with van der Waals surface area (Å²) in [4.78, 5) is 13.3. The molecule has 0 fully saturated rings. The number of hydrogen-bond donors (Lipinski definition) is 1. The molecule has 0 radical (unpaired) electrons. The van der Waals surface area contributed by atoms with Crippen LogP contribution in [0, 0.1) is 0 Å². The molecule has 1 rings (SSSR count).